The Morgan fingerprint density at radius 1 is 1.35 bits per heavy atom. The van der Waals surface area contributed by atoms with Crippen LogP contribution in [0, 0.1) is 5.82 Å². The second-order valence-electron chi connectivity index (χ2n) is 4.18. The Kier molecular flexibility index (Phi) is 5.90. The molecule has 0 fully saturated rings. The van der Waals surface area contributed by atoms with Gasteiger partial charge in [-0.25, -0.2) is 17.5 Å². The summed E-state index contributed by atoms with van der Waals surface area (Å²) in [5.74, 6) is -0.943. The van der Waals surface area contributed by atoms with Crippen LogP contribution in [0.15, 0.2) is 23.1 Å². The van der Waals surface area contributed by atoms with Gasteiger partial charge in [-0.2, -0.15) is 0 Å². The number of nitrogens with two attached hydrogens (primary N) is 1. The Labute approximate surface area is 117 Å². The van der Waals surface area contributed by atoms with E-state index in [9.17, 15) is 17.6 Å². The summed E-state index contributed by atoms with van der Waals surface area (Å²) < 4.78 is 39.1. The molecule has 8 heteroatoms. The Balaban J connectivity index is 2.62. The van der Waals surface area contributed by atoms with Gasteiger partial charge in [0, 0.05) is 19.5 Å². The third-order valence-corrected chi connectivity index (χ3v) is 4.00. The topological polar surface area (TPSA) is 101 Å². The van der Waals surface area contributed by atoms with E-state index in [1.54, 1.807) is 0 Å². The van der Waals surface area contributed by atoms with Crippen LogP contribution < -0.4 is 15.8 Å². The molecule has 4 N–H and O–H groups in total. The number of amides is 1. The zero-order valence-electron chi connectivity index (χ0n) is 11.1. The summed E-state index contributed by atoms with van der Waals surface area (Å²) in [7, 11) is -3.92. The fraction of sp³-hybridized carbons (Fsp3) is 0.417. The lowest BCUT2D eigenvalue weighted by Crippen LogP contribution is -2.31. The third-order valence-electron chi connectivity index (χ3n) is 2.48. The Bertz CT molecular complexity index is 575. The third kappa shape index (κ3) is 4.78. The summed E-state index contributed by atoms with van der Waals surface area (Å²) in [6.45, 7) is 2.38. The maximum Gasteiger partial charge on any atom is 0.242 e. The molecule has 0 saturated heterocycles. The largest absolute Gasteiger partial charge is 0.398 e. The van der Waals surface area contributed by atoms with E-state index in [0.29, 0.717) is 6.54 Å². The molecule has 1 aromatic rings. The molecular formula is C12H18FN3O3S. The maximum absolute atomic E-state index is 13.1. The minimum absolute atomic E-state index is 0.00838. The summed E-state index contributed by atoms with van der Waals surface area (Å²) in [5, 5.41) is 2.62. The van der Waals surface area contributed by atoms with Gasteiger partial charge in [-0.15, -0.1) is 0 Å². The molecule has 0 spiro atoms. The number of sulfonamides is 1. The maximum atomic E-state index is 13.1. The van der Waals surface area contributed by atoms with Gasteiger partial charge in [-0.1, -0.05) is 6.92 Å². The first-order valence-corrected chi connectivity index (χ1v) is 7.66. The molecule has 1 amide bonds. The van der Waals surface area contributed by atoms with Crippen LogP contribution in [0.4, 0.5) is 10.1 Å². The van der Waals surface area contributed by atoms with E-state index >= 15 is 0 Å². The van der Waals surface area contributed by atoms with E-state index in [1.807, 2.05) is 6.92 Å². The molecule has 20 heavy (non-hydrogen) atoms. The van der Waals surface area contributed by atoms with E-state index in [2.05, 4.69) is 10.0 Å². The molecule has 0 aliphatic carbocycles. The highest BCUT2D eigenvalue weighted by molar-refractivity contribution is 7.89. The fourth-order valence-corrected chi connectivity index (χ4v) is 2.64. The molecule has 1 rings (SSSR count). The van der Waals surface area contributed by atoms with E-state index < -0.39 is 15.8 Å². The van der Waals surface area contributed by atoms with Crippen molar-refractivity contribution in [2.75, 3.05) is 18.8 Å². The van der Waals surface area contributed by atoms with Gasteiger partial charge >= 0.3 is 0 Å². The van der Waals surface area contributed by atoms with Gasteiger partial charge in [0.15, 0.2) is 0 Å². The Morgan fingerprint density at radius 3 is 2.70 bits per heavy atom. The van der Waals surface area contributed by atoms with Gasteiger partial charge in [0.05, 0.1) is 5.69 Å². The van der Waals surface area contributed by atoms with Crippen LogP contribution >= 0.6 is 0 Å². The van der Waals surface area contributed by atoms with Crippen LogP contribution in [0.1, 0.15) is 19.8 Å². The number of benzene rings is 1. The Hall–Kier alpha value is -1.67. The fourth-order valence-electron chi connectivity index (χ4n) is 1.47. The van der Waals surface area contributed by atoms with Crippen molar-refractivity contribution in [3.63, 3.8) is 0 Å². The monoisotopic (exact) mass is 303 g/mol. The summed E-state index contributed by atoms with van der Waals surface area (Å²) in [5.41, 5.74) is 5.46. The zero-order chi connectivity index (χ0) is 15.2. The van der Waals surface area contributed by atoms with Crippen LogP contribution in [0.2, 0.25) is 0 Å². The van der Waals surface area contributed by atoms with Crippen molar-refractivity contribution in [1.82, 2.24) is 10.0 Å². The molecule has 0 radical (unpaired) electrons. The van der Waals surface area contributed by atoms with Crippen molar-refractivity contribution in [1.29, 1.82) is 0 Å². The van der Waals surface area contributed by atoms with Gasteiger partial charge in [0.1, 0.15) is 10.7 Å². The summed E-state index contributed by atoms with van der Waals surface area (Å²) in [6, 6.07) is 3.10. The first-order valence-electron chi connectivity index (χ1n) is 6.18. The van der Waals surface area contributed by atoms with Crippen LogP contribution in [0.25, 0.3) is 0 Å². The summed E-state index contributed by atoms with van der Waals surface area (Å²) in [4.78, 5) is 11.0. The molecule has 0 unspecified atom stereocenters. The van der Waals surface area contributed by atoms with Crippen molar-refractivity contribution in [3.05, 3.63) is 24.0 Å². The molecule has 1 aromatic carbocycles. The highest BCUT2D eigenvalue weighted by Gasteiger charge is 2.18. The number of hydrogen-bond acceptors (Lipinski definition) is 4. The smallest absolute Gasteiger partial charge is 0.242 e. The van der Waals surface area contributed by atoms with Crippen molar-refractivity contribution < 1.29 is 17.6 Å². The second-order valence-corrected chi connectivity index (χ2v) is 5.92. The lowest BCUT2D eigenvalue weighted by Gasteiger charge is -2.09. The van der Waals surface area contributed by atoms with Crippen LogP contribution in [-0.2, 0) is 14.8 Å². The SMILES string of the molecule is CCCNC(=O)CCNS(=O)(=O)c1cc(F)ccc1N. The molecule has 0 aromatic heterocycles. The molecule has 6 nitrogen and oxygen atoms in total. The lowest BCUT2D eigenvalue weighted by atomic mass is 10.3. The van der Waals surface area contributed by atoms with Gasteiger partial charge < -0.3 is 11.1 Å². The quantitative estimate of drug-likeness (QED) is 0.642. The molecule has 0 bridgehead atoms. The van der Waals surface area contributed by atoms with Crippen molar-refractivity contribution in [3.8, 4) is 0 Å². The van der Waals surface area contributed by atoms with Gasteiger partial charge in [0.2, 0.25) is 15.9 Å². The first-order chi connectivity index (χ1) is 9.36. The van der Waals surface area contributed by atoms with Gasteiger partial charge in [0.25, 0.3) is 0 Å². The lowest BCUT2D eigenvalue weighted by molar-refractivity contribution is -0.120. The van der Waals surface area contributed by atoms with E-state index in [0.717, 1.165) is 18.6 Å². The molecule has 0 aliphatic heterocycles. The average Bonchev–Trinajstić information content (AvgIpc) is 2.38. The number of anilines is 1. The standard InChI is InChI=1S/C12H18FN3O3S/c1-2-6-15-12(17)5-7-16-20(18,19)11-8-9(13)3-4-10(11)14/h3-4,8,16H,2,5-7,14H2,1H3,(H,15,17). The number of nitrogens with one attached hydrogen (secondary N) is 2. The normalized spacial score (nSPS) is 11.3. The average molecular weight is 303 g/mol. The van der Waals surface area contributed by atoms with Crippen LogP contribution in [-0.4, -0.2) is 27.4 Å². The van der Waals surface area contributed by atoms with Crippen LogP contribution in [0.3, 0.4) is 0 Å². The Morgan fingerprint density at radius 2 is 2.05 bits per heavy atom. The number of rotatable bonds is 7. The molecular weight excluding hydrogens is 285 g/mol. The van der Waals surface area contributed by atoms with Crippen LogP contribution in [0.5, 0.6) is 0 Å². The van der Waals surface area contributed by atoms with Crippen molar-refractivity contribution in [2.24, 2.45) is 0 Å². The predicted octanol–water partition coefficient (Wildman–Crippen LogP) is 0.603. The molecule has 112 valence electrons. The number of nitrogen functional groups attached to an aromatic ring is 1. The van der Waals surface area contributed by atoms with Crippen molar-refractivity contribution >= 4 is 21.6 Å². The minimum Gasteiger partial charge on any atom is -0.398 e. The molecule has 0 saturated carbocycles. The van der Waals surface area contributed by atoms with E-state index in [4.69, 9.17) is 5.73 Å². The molecule has 0 aliphatic rings. The summed E-state index contributed by atoms with van der Waals surface area (Å²) >= 11 is 0. The van der Waals surface area contributed by atoms with E-state index in [1.165, 1.54) is 6.07 Å². The number of carbonyl (C=O) groups excluding carboxylic acids is 1. The number of carbonyl (C=O) groups is 1. The number of hydrogen-bond donors (Lipinski definition) is 3. The minimum atomic E-state index is -3.92. The molecule has 0 heterocycles. The highest BCUT2D eigenvalue weighted by Crippen LogP contribution is 2.18. The first kappa shape index (κ1) is 16.4. The zero-order valence-corrected chi connectivity index (χ0v) is 12.0. The second kappa shape index (κ2) is 7.20. The summed E-state index contributed by atoms with van der Waals surface area (Å²) in [6.07, 6.45) is 0.811. The molecule has 0 atom stereocenters. The van der Waals surface area contributed by atoms with Gasteiger partial charge in [-0.05, 0) is 24.6 Å². The van der Waals surface area contributed by atoms with Gasteiger partial charge in [-0.3, -0.25) is 4.79 Å². The highest BCUT2D eigenvalue weighted by atomic mass is 32.2. The van der Waals surface area contributed by atoms with E-state index in [-0.39, 0.29) is 29.5 Å². The number of halogens is 1. The predicted molar refractivity (Wildman–Crippen MR) is 73.9 cm³/mol. The van der Waals surface area contributed by atoms with Crippen molar-refractivity contribution in [2.45, 2.75) is 24.7 Å².